The van der Waals surface area contributed by atoms with Crippen LogP contribution in [-0.4, -0.2) is 70.7 Å². The van der Waals surface area contributed by atoms with Crippen LogP contribution in [0, 0.1) is 11.8 Å². The Morgan fingerprint density at radius 1 is 0.708 bits per heavy atom. The molecular formula is C39H70BN4O4. The molecule has 48 heavy (non-hydrogen) atoms. The SMILES string of the molecule is C=C1NC2C[B]C(CCCC(=O)NCCOCCOCCNC(=O)CCCCCCCCC#CCCCCCCCCCCCC)C2N1. The van der Waals surface area contributed by atoms with Gasteiger partial charge in [-0.25, -0.2) is 0 Å². The number of carbonyl (C=O) groups is 2. The molecule has 2 rings (SSSR count). The highest BCUT2D eigenvalue weighted by Crippen LogP contribution is 2.33. The number of ether oxygens (including phenoxy) is 2. The zero-order chi connectivity index (χ0) is 34.3. The number of unbranched alkanes of at least 4 members (excludes halogenated alkanes) is 16. The summed E-state index contributed by atoms with van der Waals surface area (Å²) in [5.74, 6) is 8.32. The molecule has 2 saturated heterocycles. The Bertz CT molecular complexity index is 908. The number of carbonyl (C=O) groups excluding carboxylic acids is 2. The van der Waals surface area contributed by atoms with E-state index in [-0.39, 0.29) is 11.8 Å². The molecule has 9 heteroatoms. The Morgan fingerprint density at radius 3 is 1.77 bits per heavy atom. The molecule has 2 amide bonds. The molecule has 0 saturated carbocycles. The lowest BCUT2D eigenvalue weighted by molar-refractivity contribution is -0.122. The first-order valence-electron chi connectivity index (χ1n) is 19.8. The maximum Gasteiger partial charge on any atom is 0.220 e. The van der Waals surface area contributed by atoms with Crippen LogP contribution in [-0.2, 0) is 19.1 Å². The fraction of sp³-hybridized carbons (Fsp3) is 0.846. The summed E-state index contributed by atoms with van der Waals surface area (Å²) in [5, 5.41) is 12.7. The number of hydrogen-bond donors (Lipinski definition) is 4. The Balaban J connectivity index is 1.22. The van der Waals surface area contributed by atoms with Crippen LogP contribution in [0.2, 0.25) is 12.1 Å². The zero-order valence-corrected chi connectivity index (χ0v) is 30.7. The van der Waals surface area contributed by atoms with Crippen molar-refractivity contribution in [2.75, 3.05) is 39.5 Å². The maximum atomic E-state index is 12.1. The van der Waals surface area contributed by atoms with Crippen molar-refractivity contribution in [1.29, 1.82) is 0 Å². The first-order valence-corrected chi connectivity index (χ1v) is 19.8. The number of hydrogen-bond acceptors (Lipinski definition) is 6. The lowest BCUT2D eigenvalue weighted by Crippen LogP contribution is -2.31. The molecule has 0 spiro atoms. The van der Waals surface area contributed by atoms with Crippen LogP contribution in [0.1, 0.15) is 148 Å². The fourth-order valence-electron chi connectivity index (χ4n) is 6.64. The summed E-state index contributed by atoms with van der Waals surface area (Å²) in [6.45, 7) is 9.17. The van der Waals surface area contributed by atoms with Gasteiger partial charge in [-0.1, -0.05) is 110 Å². The van der Waals surface area contributed by atoms with Crippen molar-refractivity contribution < 1.29 is 19.1 Å². The van der Waals surface area contributed by atoms with Crippen molar-refractivity contribution in [3.8, 4) is 11.8 Å². The van der Waals surface area contributed by atoms with E-state index in [1.54, 1.807) is 0 Å². The van der Waals surface area contributed by atoms with Crippen molar-refractivity contribution in [2.45, 2.75) is 172 Å². The normalized spacial score (nSPS) is 17.9. The summed E-state index contributed by atoms with van der Waals surface area (Å²) in [6.07, 6.45) is 26.9. The van der Waals surface area contributed by atoms with Gasteiger partial charge in [0.25, 0.3) is 0 Å². The van der Waals surface area contributed by atoms with Gasteiger partial charge in [0.2, 0.25) is 11.8 Å². The van der Waals surface area contributed by atoms with E-state index in [4.69, 9.17) is 9.47 Å². The standard InChI is InChI=1S/C39H70BN4O4/c1-3-4-5-6-7-8-9-10-11-12-13-14-15-16-17-18-19-20-21-22-25-37(45)41-27-29-47-31-32-48-30-28-42-38(46)26-23-24-35-39-36(33-40-35)43-34(2)44-39/h35-36,39,43-44H,2-13,16-33H2,1H3,(H,41,45)(H,42,46). The summed E-state index contributed by atoms with van der Waals surface area (Å²) in [4.78, 5) is 24.1. The van der Waals surface area contributed by atoms with E-state index in [1.807, 2.05) is 0 Å². The molecule has 0 aliphatic carbocycles. The average molecular weight is 670 g/mol. The molecule has 273 valence electrons. The summed E-state index contributed by atoms with van der Waals surface area (Å²) in [6, 6.07) is 0.874. The highest BCUT2D eigenvalue weighted by atomic mass is 16.5. The summed E-state index contributed by atoms with van der Waals surface area (Å²) < 4.78 is 11.1. The molecule has 0 aromatic heterocycles. The average Bonchev–Trinajstić information content (AvgIpc) is 3.63. The summed E-state index contributed by atoms with van der Waals surface area (Å²) in [7, 11) is 2.37. The Hall–Kier alpha value is -2.18. The Labute approximate surface area is 295 Å². The first kappa shape index (κ1) is 42.0. The lowest BCUT2D eigenvalue weighted by Gasteiger charge is -2.18. The minimum Gasteiger partial charge on any atom is -0.377 e. The first-order chi connectivity index (χ1) is 23.6. The van der Waals surface area contributed by atoms with Gasteiger partial charge in [0.1, 0.15) is 7.28 Å². The molecule has 0 bridgehead atoms. The molecular weight excluding hydrogens is 599 g/mol. The van der Waals surface area contributed by atoms with Crippen LogP contribution < -0.4 is 21.3 Å². The second kappa shape index (κ2) is 29.7. The largest absolute Gasteiger partial charge is 0.377 e. The predicted molar refractivity (Wildman–Crippen MR) is 200 cm³/mol. The van der Waals surface area contributed by atoms with Gasteiger partial charge in [0.05, 0.1) is 32.2 Å². The third-order valence-corrected chi connectivity index (χ3v) is 9.47. The van der Waals surface area contributed by atoms with Gasteiger partial charge >= 0.3 is 0 Å². The van der Waals surface area contributed by atoms with Crippen LogP contribution in [0.4, 0.5) is 0 Å². The highest BCUT2D eigenvalue weighted by Gasteiger charge is 2.40. The third kappa shape index (κ3) is 22.5. The minimum absolute atomic E-state index is 0.0766. The molecule has 2 heterocycles. The summed E-state index contributed by atoms with van der Waals surface area (Å²) in [5.41, 5.74) is 0. The van der Waals surface area contributed by atoms with E-state index in [2.05, 4.69) is 53.9 Å². The van der Waals surface area contributed by atoms with Gasteiger partial charge in [-0.3, -0.25) is 9.59 Å². The lowest BCUT2D eigenvalue weighted by atomic mass is 9.64. The smallest absolute Gasteiger partial charge is 0.220 e. The summed E-state index contributed by atoms with van der Waals surface area (Å²) >= 11 is 0. The van der Waals surface area contributed by atoms with Crippen molar-refractivity contribution in [3.05, 3.63) is 12.4 Å². The van der Waals surface area contributed by atoms with Crippen LogP contribution in [0.25, 0.3) is 0 Å². The molecule has 2 fully saturated rings. The van der Waals surface area contributed by atoms with Crippen LogP contribution in [0.3, 0.4) is 0 Å². The monoisotopic (exact) mass is 670 g/mol. The zero-order valence-electron chi connectivity index (χ0n) is 30.7. The molecule has 2 aliphatic rings. The van der Waals surface area contributed by atoms with Crippen LogP contribution in [0.5, 0.6) is 0 Å². The second-order valence-electron chi connectivity index (χ2n) is 13.8. The maximum absolute atomic E-state index is 12.1. The molecule has 0 aromatic rings. The van der Waals surface area contributed by atoms with Crippen molar-refractivity contribution in [3.63, 3.8) is 0 Å². The van der Waals surface area contributed by atoms with E-state index < -0.39 is 0 Å². The molecule has 8 nitrogen and oxygen atoms in total. The van der Waals surface area contributed by atoms with E-state index >= 15 is 0 Å². The van der Waals surface area contributed by atoms with E-state index in [0.29, 0.717) is 70.3 Å². The molecule has 1 radical (unpaired) electrons. The van der Waals surface area contributed by atoms with Gasteiger partial charge in [0, 0.05) is 50.9 Å². The third-order valence-electron chi connectivity index (χ3n) is 9.47. The van der Waals surface area contributed by atoms with Crippen molar-refractivity contribution in [1.82, 2.24) is 21.3 Å². The molecule has 0 aromatic carbocycles. The molecule has 3 atom stereocenters. The molecule has 3 unspecified atom stereocenters. The predicted octanol–water partition coefficient (Wildman–Crippen LogP) is 7.18. The number of amides is 2. The number of rotatable bonds is 31. The topological polar surface area (TPSA) is 101 Å². The van der Waals surface area contributed by atoms with Crippen molar-refractivity contribution in [2.24, 2.45) is 0 Å². The number of fused-ring (bicyclic) bond motifs is 1. The van der Waals surface area contributed by atoms with Gasteiger partial charge in [0.15, 0.2) is 0 Å². The minimum atomic E-state index is 0.0766. The van der Waals surface area contributed by atoms with E-state index in [9.17, 15) is 9.59 Å². The Morgan fingerprint density at radius 2 is 1.21 bits per heavy atom. The molecule has 4 N–H and O–H groups in total. The van der Waals surface area contributed by atoms with Gasteiger partial charge < -0.3 is 30.7 Å². The van der Waals surface area contributed by atoms with Crippen molar-refractivity contribution >= 4 is 19.1 Å². The second-order valence-corrected chi connectivity index (χ2v) is 13.8. The van der Waals surface area contributed by atoms with E-state index in [1.165, 1.54) is 89.9 Å². The highest BCUT2D eigenvalue weighted by molar-refractivity contribution is 6.39. The van der Waals surface area contributed by atoms with Gasteiger partial charge in [-0.05, 0) is 31.5 Å². The fourth-order valence-corrected chi connectivity index (χ4v) is 6.64. The van der Waals surface area contributed by atoms with Crippen LogP contribution >= 0.6 is 0 Å². The number of nitrogens with one attached hydrogen (secondary N) is 4. The van der Waals surface area contributed by atoms with Gasteiger partial charge in [-0.2, -0.15) is 0 Å². The molecule has 2 aliphatic heterocycles. The van der Waals surface area contributed by atoms with Crippen LogP contribution in [0.15, 0.2) is 12.4 Å². The van der Waals surface area contributed by atoms with Gasteiger partial charge in [-0.15, -0.1) is 11.8 Å². The van der Waals surface area contributed by atoms with E-state index in [0.717, 1.165) is 50.7 Å². The Kier molecular flexibility index (Phi) is 26.0. The quantitative estimate of drug-likeness (QED) is 0.0355.